The average molecular weight is 482 g/mol. The van der Waals surface area contributed by atoms with Crippen LogP contribution in [0.2, 0.25) is 0 Å². The highest BCUT2D eigenvalue weighted by Crippen LogP contribution is 2.23. The summed E-state index contributed by atoms with van der Waals surface area (Å²) in [6.45, 7) is -0.0847. The number of rotatable bonds is 10. The number of nitrogens with one attached hydrogen (secondary N) is 1. The van der Waals surface area contributed by atoms with Gasteiger partial charge in [0.1, 0.15) is 11.6 Å². The molecule has 3 N–H and O–H groups in total. The molecule has 1 heterocycles. The molecule has 3 aromatic rings. The number of amides is 1. The number of aromatic nitrogens is 2. The fourth-order valence-electron chi connectivity index (χ4n) is 3.34. The molecule has 0 aliphatic heterocycles. The first-order chi connectivity index (χ1) is 16.8. The molecule has 3 rings (SSSR count). The molecule has 35 heavy (non-hydrogen) atoms. The van der Waals surface area contributed by atoms with Gasteiger partial charge in [0.15, 0.2) is 12.3 Å². The minimum atomic E-state index is -0.802. The van der Waals surface area contributed by atoms with E-state index in [0.717, 1.165) is 10.1 Å². The van der Waals surface area contributed by atoms with Crippen molar-refractivity contribution in [2.75, 3.05) is 38.1 Å². The summed E-state index contributed by atoms with van der Waals surface area (Å²) in [6, 6.07) is 15.1. The van der Waals surface area contributed by atoms with Gasteiger partial charge in [0, 0.05) is 12.7 Å². The fraction of sp³-hybridized carbons (Fsp3) is 0.250. The monoisotopic (exact) mass is 482 g/mol. The molecule has 0 fully saturated rings. The van der Waals surface area contributed by atoms with Gasteiger partial charge in [-0.15, -0.1) is 0 Å². The predicted octanol–water partition coefficient (Wildman–Crippen LogP) is 1.16. The molecule has 0 unspecified atom stereocenters. The lowest BCUT2D eigenvalue weighted by Crippen LogP contribution is -2.41. The van der Waals surface area contributed by atoms with Crippen molar-refractivity contribution in [2.24, 2.45) is 0 Å². The van der Waals surface area contributed by atoms with Crippen LogP contribution in [0.15, 0.2) is 64.2 Å². The van der Waals surface area contributed by atoms with E-state index in [1.807, 2.05) is 6.07 Å². The van der Waals surface area contributed by atoms with Gasteiger partial charge in [-0.05, 0) is 23.8 Å². The van der Waals surface area contributed by atoms with Crippen molar-refractivity contribution < 1.29 is 23.8 Å². The number of hydrogen-bond donors (Lipinski definition) is 2. The van der Waals surface area contributed by atoms with E-state index in [-0.39, 0.29) is 49.1 Å². The zero-order chi connectivity index (χ0) is 25.4. The largest absolute Gasteiger partial charge is 0.482 e. The van der Waals surface area contributed by atoms with E-state index < -0.39 is 23.1 Å². The Hall–Kier alpha value is -4.38. The molecule has 0 saturated carbocycles. The van der Waals surface area contributed by atoms with Crippen molar-refractivity contribution in [2.45, 2.75) is 13.1 Å². The summed E-state index contributed by atoms with van der Waals surface area (Å²) in [5, 5.41) is 0. The minimum Gasteiger partial charge on any atom is -0.482 e. The number of anilines is 2. The number of carbonyl (C=O) groups is 2. The number of esters is 1. The molecule has 0 aliphatic carbocycles. The van der Waals surface area contributed by atoms with Crippen molar-refractivity contribution in [3.8, 4) is 5.75 Å². The highest BCUT2D eigenvalue weighted by Gasteiger charge is 2.26. The number of ether oxygens (including phenoxy) is 3. The maximum absolute atomic E-state index is 13.7. The van der Waals surface area contributed by atoms with Crippen LogP contribution < -0.4 is 26.6 Å². The number of carbonyl (C=O) groups excluding carboxylic acids is 2. The number of nitrogen functional groups attached to an aromatic ring is 1. The summed E-state index contributed by atoms with van der Waals surface area (Å²) in [7, 11) is 2.70. The molecule has 0 atom stereocenters. The molecular formula is C24H26N4O7. The van der Waals surface area contributed by atoms with Gasteiger partial charge < -0.3 is 19.9 Å². The van der Waals surface area contributed by atoms with E-state index in [2.05, 4.69) is 9.72 Å². The fourth-order valence-corrected chi connectivity index (χ4v) is 3.34. The molecule has 0 aliphatic rings. The van der Waals surface area contributed by atoms with Crippen LogP contribution in [-0.2, 0) is 27.4 Å². The number of H-pyrrole nitrogens is 1. The van der Waals surface area contributed by atoms with Crippen molar-refractivity contribution >= 4 is 23.4 Å². The maximum atomic E-state index is 13.7. The van der Waals surface area contributed by atoms with Crippen LogP contribution in [0.5, 0.6) is 5.75 Å². The molecule has 1 amide bonds. The van der Waals surface area contributed by atoms with Gasteiger partial charge >= 0.3 is 11.7 Å². The average Bonchev–Trinajstić information content (AvgIpc) is 2.86. The number of aromatic amines is 1. The van der Waals surface area contributed by atoms with Crippen molar-refractivity contribution in [1.29, 1.82) is 0 Å². The van der Waals surface area contributed by atoms with E-state index >= 15 is 0 Å². The van der Waals surface area contributed by atoms with Crippen LogP contribution in [0, 0.1) is 0 Å². The Bertz CT molecular complexity index is 1300. The quantitative estimate of drug-likeness (QED) is 0.410. The number of benzene rings is 2. The van der Waals surface area contributed by atoms with Gasteiger partial charge in [-0.3, -0.25) is 24.0 Å². The summed E-state index contributed by atoms with van der Waals surface area (Å²) in [6.07, 6.45) is 0. The van der Waals surface area contributed by atoms with Crippen molar-refractivity contribution in [3.63, 3.8) is 0 Å². The van der Waals surface area contributed by atoms with Crippen molar-refractivity contribution in [3.05, 3.63) is 86.6 Å². The third-order valence-corrected chi connectivity index (χ3v) is 5.10. The van der Waals surface area contributed by atoms with Crippen LogP contribution in [0.1, 0.15) is 15.9 Å². The first kappa shape index (κ1) is 25.2. The van der Waals surface area contributed by atoms with Crippen molar-refractivity contribution in [1.82, 2.24) is 9.55 Å². The molecule has 11 heteroatoms. The highest BCUT2D eigenvalue weighted by molar-refractivity contribution is 6.07. The Morgan fingerprint density at radius 3 is 2.49 bits per heavy atom. The van der Waals surface area contributed by atoms with Crippen LogP contribution in [0.3, 0.4) is 0 Å². The minimum absolute atomic E-state index is 0.00266. The third kappa shape index (κ3) is 6.15. The van der Waals surface area contributed by atoms with Gasteiger partial charge in [-0.25, -0.2) is 9.59 Å². The van der Waals surface area contributed by atoms with Crippen LogP contribution in [0.25, 0.3) is 0 Å². The van der Waals surface area contributed by atoms with E-state index in [9.17, 15) is 19.2 Å². The standard InChI is InChI=1S/C24H26N4O7/c1-33-12-11-27-21(25)20(22(30)26-24(27)32)28(14-16-7-4-3-5-8-16)23(31)17-9-6-10-18(13-17)35-15-19(29)34-2/h3-10,13H,11-12,14-15,25H2,1-2H3,(H,26,30,32). The van der Waals surface area contributed by atoms with Gasteiger partial charge in [-0.1, -0.05) is 36.4 Å². The van der Waals surface area contributed by atoms with E-state index in [1.165, 1.54) is 31.3 Å². The lowest BCUT2D eigenvalue weighted by atomic mass is 10.1. The van der Waals surface area contributed by atoms with Gasteiger partial charge in [0.2, 0.25) is 0 Å². The molecule has 184 valence electrons. The Morgan fingerprint density at radius 1 is 1.06 bits per heavy atom. The Kier molecular flexibility index (Phi) is 8.41. The molecule has 0 radical (unpaired) electrons. The topological polar surface area (TPSA) is 146 Å². The summed E-state index contributed by atoms with van der Waals surface area (Å²) in [4.78, 5) is 53.7. The zero-order valence-electron chi connectivity index (χ0n) is 19.4. The molecule has 0 bridgehead atoms. The normalized spacial score (nSPS) is 10.6. The van der Waals surface area contributed by atoms with Gasteiger partial charge in [0.05, 0.1) is 26.8 Å². The Labute approximate surface area is 200 Å². The number of hydrogen-bond acceptors (Lipinski definition) is 8. The van der Waals surface area contributed by atoms with E-state index in [0.29, 0.717) is 0 Å². The number of nitrogens with two attached hydrogens (primary N) is 1. The predicted molar refractivity (Wildman–Crippen MR) is 129 cm³/mol. The van der Waals surface area contributed by atoms with E-state index in [1.54, 1.807) is 36.4 Å². The first-order valence-electron chi connectivity index (χ1n) is 10.6. The summed E-state index contributed by atoms with van der Waals surface area (Å²) < 4.78 is 16.1. The van der Waals surface area contributed by atoms with Gasteiger partial charge in [0.25, 0.3) is 11.5 Å². The van der Waals surface area contributed by atoms with E-state index in [4.69, 9.17) is 15.2 Å². The van der Waals surface area contributed by atoms with Crippen LogP contribution in [0.4, 0.5) is 11.5 Å². The third-order valence-electron chi connectivity index (χ3n) is 5.10. The SMILES string of the molecule is COCCn1c(N)c(N(Cc2ccccc2)C(=O)c2cccc(OCC(=O)OC)c2)c(=O)[nH]c1=O. The summed E-state index contributed by atoms with van der Waals surface area (Å²) in [5.74, 6) is -1.05. The first-order valence-corrected chi connectivity index (χ1v) is 10.6. The Morgan fingerprint density at radius 2 is 1.80 bits per heavy atom. The lowest BCUT2D eigenvalue weighted by molar-refractivity contribution is -0.142. The number of methoxy groups -OCH3 is 2. The highest BCUT2D eigenvalue weighted by atomic mass is 16.6. The van der Waals surface area contributed by atoms with Crippen LogP contribution >= 0.6 is 0 Å². The molecule has 1 aromatic heterocycles. The van der Waals surface area contributed by atoms with Crippen LogP contribution in [-0.4, -0.2) is 48.9 Å². The second-order valence-electron chi connectivity index (χ2n) is 7.41. The second-order valence-corrected chi connectivity index (χ2v) is 7.41. The molecule has 2 aromatic carbocycles. The number of nitrogens with zero attached hydrogens (tertiary/aromatic N) is 2. The smallest absolute Gasteiger partial charge is 0.343 e. The maximum Gasteiger partial charge on any atom is 0.343 e. The molecule has 0 spiro atoms. The Balaban J connectivity index is 2.07. The lowest BCUT2D eigenvalue weighted by Gasteiger charge is -2.25. The second kappa shape index (κ2) is 11.7. The summed E-state index contributed by atoms with van der Waals surface area (Å²) in [5.41, 5.74) is 5.46. The molecular weight excluding hydrogens is 456 g/mol. The summed E-state index contributed by atoms with van der Waals surface area (Å²) >= 11 is 0. The van der Waals surface area contributed by atoms with Gasteiger partial charge in [-0.2, -0.15) is 0 Å². The zero-order valence-corrected chi connectivity index (χ0v) is 19.4. The molecule has 0 saturated heterocycles. The molecule has 11 nitrogen and oxygen atoms in total.